The third kappa shape index (κ3) is 4.48. The normalized spacial score (nSPS) is 12.0. The molecule has 1 nitrogen and oxygen atoms in total. The molecule has 4 aromatic rings. The van der Waals surface area contributed by atoms with E-state index in [0.717, 1.165) is 24.1 Å². The molecule has 1 N–H and O–H groups in total. The van der Waals surface area contributed by atoms with Gasteiger partial charge in [-0.2, -0.15) is 0 Å². The van der Waals surface area contributed by atoms with Crippen LogP contribution in [0.2, 0.25) is 0 Å². The van der Waals surface area contributed by atoms with Crippen LogP contribution in [0.5, 0.6) is 5.75 Å². The van der Waals surface area contributed by atoms with Crippen LogP contribution in [-0.2, 0) is 6.42 Å². The summed E-state index contributed by atoms with van der Waals surface area (Å²) in [5.74, 6) is -2.72. The van der Waals surface area contributed by atoms with Crippen molar-refractivity contribution in [3.05, 3.63) is 114 Å². The van der Waals surface area contributed by atoms with Crippen molar-refractivity contribution in [1.82, 2.24) is 0 Å². The fourth-order valence-electron chi connectivity index (χ4n) is 3.76. The maximum Gasteiger partial charge on any atom is 0.165 e. The number of rotatable bonds is 5. The summed E-state index contributed by atoms with van der Waals surface area (Å²) >= 11 is 0. The van der Waals surface area contributed by atoms with E-state index < -0.39 is 23.2 Å². The summed E-state index contributed by atoms with van der Waals surface area (Å²) in [6.45, 7) is 2.17. The molecule has 0 saturated heterocycles. The standard InChI is InChI=1S/C27H21F3O/c1-17(19-5-3-2-4-6-19)13-18-7-9-20(10-8-18)22-15-24(29)27(25(30)16-22)21-11-12-26(31)23(28)14-21/h2-12,14-17,31H,13H2,1H3/t17-/m0/s1. The molecule has 156 valence electrons. The van der Waals surface area contributed by atoms with Crippen molar-refractivity contribution < 1.29 is 18.3 Å². The molecule has 0 amide bonds. The molecule has 0 spiro atoms. The van der Waals surface area contributed by atoms with E-state index in [9.17, 15) is 18.3 Å². The highest BCUT2D eigenvalue weighted by molar-refractivity contribution is 5.72. The number of benzene rings is 4. The zero-order chi connectivity index (χ0) is 22.0. The minimum absolute atomic E-state index is 0.0297. The van der Waals surface area contributed by atoms with E-state index in [1.807, 2.05) is 42.5 Å². The van der Waals surface area contributed by atoms with Crippen molar-refractivity contribution >= 4 is 0 Å². The van der Waals surface area contributed by atoms with Gasteiger partial charge in [0.25, 0.3) is 0 Å². The molecule has 31 heavy (non-hydrogen) atoms. The lowest BCUT2D eigenvalue weighted by Crippen LogP contribution is -1.98. The maximum atomic E-state index is 14.7. The van der Waals surface area contributed by atoms with Crippen LogP contribution in [0, 0.1) is 17.5 Å². The Hall–Kier alpha value is -3.53. The monoisotopic (exact) mass is 418 g/mol. The Labute approximate surface area is 179 Å². The molecule has 4 heteroatoms. The van der Waals surface area contributed by atoms with Gasteiger partial charge in [0.15, 0.2) is 11.6 Å². The lowest BCUT2D eigenvalue weighted by atomic mass is 9.92. The fraction of sp³-hybridized carbons (Fsp3) is 0.111. The first-order valence-electron chi connectivity index (χ1n) is 10.0. The van der Waals surface area contributed by atoms with Crippen molar-refractivity contribution in [1.29, 1.82) is 0 Å². The molecule has 4 aromatic carbocycles. The Bertz CT molecular complexity index is 1180. The highest BCUT2D eigenvalue weighted by Crippen LogP contribution is 2.33. The van der Waals surface area contributed by atoms with Crippen molar-refractivity contribution in [2.24, 2.45) is 0 Å². The Morgan fingerprint density at radius 3 is 1.87 bits per heavy atom. The molecule has 0 radical (unpaired) electrons. The predicted molar refractivity (Wildman–Crippen MR) is 117 cm³/mol. The topological polar surface area (TPSA) is 20.2 Å². The molecule has 0 heterocycles. The molecule has 0 aliphatic heterocycles. The van der Waals surface area contributed by atoms with E-state index in [1.165, 1.54) is 23.8 Å². The smallest absolute Gasteiger partial charge is 0.165 e. The molecule has 0 aromatic heterocycles. The van der Waals surface area contributed by atoms with Crippen LogP contribution in [0.3, 0.4) is 0 Å². The summed E-state index contributed by atoms with van der Waals surface area (Å²) in [7, 11) is 0. The second kappa shape index (κ2) is 8.68. The third-order valence-electron chi connectivity index (χ3n) is 5.48. The highest BCUT2D eigenvalue weighted by atomic mass is 19.1. The van der Waals surface area contributed by atoms with Gasteiger partial charge in [0.1, 0.15) is 11.6 Å². The molecule has 0 aliphatic rings. The zero-order valence-corrected chi connectivity index (χ0v) is 16.9. The summed E-state index contributed by atoms with van der Waals surface area (Å²) in [5.41, 5.74) is 3.20. The molecule has 0 bridgehead atoms. The Morgan fingerprint density at radius 1 is 0.677 bits per heavy atom. The van der Waals surface area contributed by atoms with Gasteiger partial charge in [0.2, 0.25) is 0 Å². The van der Waals surface area contributed by atoms with E-state index in [4.69, 9.17) is 0 Å². The largest absolute Gasteiger partial charge is 0.505 e. The first kappa shape index (κ1) is 20.7. The first-order valence-corrected chi connectivity index (χ1v) is 10.0. The second-order valence-electron chi connectivity index (χ2n) is 7.69. The summed E-state index contributed by atoms with van der Waals surface area (Å²) in [6, 6.07) is 23.6. The zero-order valence-electron chi connectivity index (χ0n) is 16.9. The van der Waals surface area contributed by atoms with Gasteiger partial charge >= 0.3 is 0 Å². The molecule has 1 atom stereocenters. The fourth-order valence-corrected chi connectivity index (χ4v) is 3.76. The number of phenolic OH excluding ortho intramolecular Hbond substituents is 1. The number of phenols is 1. The van der Waals surface area contributed by atoms with Crippen LogP contribution in [0.15, 0.2) is 84.9 Å². The van der Waals surface area contributed by atoms with Gasteiger partial charge in [-0.15, -0.1) is 0 Å². The average molecular weight is 418 g/mol. The number of hydrogen-bond donors (Lipinski definition) is 1. The van der Waals surface area contributed by atoms with Crippen molar-refractivity contribution in [2.45, 2.75) is 19.3 Å². The van der Waals surface area contributed by atoms with Gasteiger partial charge < -0.3 is 5.11 Å². The van der Waals surface area contributed by atoms with Gasteiger partial charge in [-0.25, -0.2) is 13.2 Å². The second-order valence-corrected chi connectivity index (χ2v) is 7.69. The van der Waals surface area contributed by atoms with Gasteiger partial charge in [-0.3, -0.25) is 0 Å². The van der Waals surface area contributed by atoms with E-state index in [1.54, 1.807) is 0 Å². The van der Waals surface area contributed by atoms with Crippen LogP contribution < -0.4 is 0 Å². The summed E-state index contributed by atoms with van der Waals surface area (Å²) in [5, 5.41) is 9.30. The van der Waals surface area contributed by atoms with E-state index >= 15 is 0 Å². The lowest BCUT2D eigenvalue weighted by Gasteiger charge is -2.13. The Morgan fingerprint density at radius 2 is 1.26 bits per heavy atom. The average Bonchev–Trinajstić information content (AvgIpc) is 2.77. The van der Waals surface area contributed by atoms with Crippen LogP contribution in [-0.4, -0.2) is 5.11 Å². The molecule has 0 aliphatic carbocycles. The molecular formula is C27H21F3O. The van der Waals surface area contributed by atoms with Crippen LogP contribution in [0.1, 0.15) is 24.0 Å². The highest BCUT2D eigenvalue weighted by Gasteiger charge is 2.16. The van der Waals surface area contributed by atoms with Gasteiger partial charge in [0, 0.05) is 0 Å². The summed E-state index contributed by atoms with van der Waals surface area (Å²) in [6.07, 6.45) is 0.859. The number of halogens is 3. The first-order chi connectivity index (χ1) is 14.9. The summed E-state index contributed by atoms with van der Waals surface area (Å²) < 4.78 is 43.1. The van der Waals surface area contributed by atoms with Gasteiger partial charge in [0.05, 0.1) is 5.56 Å². The van der Waals surface area contributed by atoms with Crippen molar-refractivity contribution in [2.75, 3.05) is 0 Å². The minimum atomic E-state index is -0.930. The predicted octanol–water partition coefficient (Wildman–Crippen LogP) is 7.49. The quantitative estimate of drug-likeness (QED) is 0.356. The minimum Gasteiger partial charge on any atom is -0.505 e. The SMILES string of the molecule is C[C@@H](Cc1ccc(-c2cc(F)c(-c3ccc(O)c(F)c3)c(F)c2)cc1)c1ccccc1. The van der Waals surface area contributed by atoms with Crippen LogP contribution in [0.4, 0.5) is 13.2 Å². The lowest BCUT2D eigenvalue weighted by molar-refractivity contribution is 0.432. The van der Waals surface area contributed by atoms with Crippen LogP contribution >= 0.6 is 0 Å². The molecule has 0 unspecified atom stereocenters. The maximum absolute atomic E-state index is 14.7. The Balaban J connectivity index is 1.58. The van der Waals surface area contributed by atoms with Crippen LogP contribution in [0.25, 0.3) is 22.3 Å². The Kier molecular flexibility index (Phi) is 5.81. The molecule has 4 rings (SSSR count). The van der Waals surface area contributed by atoms with E-state index in [-0.39, 0.29) is 11.1 Å². The molecular weight excluding hydrogens is 397 g/mol. The number of hydrogen-bond acceptors (Lipinski definition) is 1. The number of aromatic hydroxyl groups is 1. The summed E-state index contributed by atoms with van der Waals surface area (Å²) in [4.78, 5) is 0. The molecule has 0 fully saturated rings. The van der Waals surface area contributed by atoms with Crippen molar-refractivity contribution in [3.63, 3.8) is 0 Å². The van der Waals surface area contributed by atoms with Gasteiger partial charge in [-0.05, 0) is 64.4 Å². The molecule has 0 saturated carbocycles. The van der Waals surface area contributed by atoms with Crippen molar-refractivity contribution in [3.8, 4) is 28.0 Å². The third-order valence-corrected chi connectivity index (χ3v) is 5.48. The van der Waals surface area contributed by atoms with Gasteiger partial charge in [-0.1, -0.05) is 67.6 Å². The van der Waals surface area contributed by atoms with E-state index in [2.05, 4.69) is 19.1 Å². The van der Waals surface area contributed by atoms with E-state index in [0.29, 0.717) is 17.0 Å².